The van der Waals surface area contributed by atoms with Gasteiger partial charge in [0.1, 0.15) is 0 Å². The molecule has 1 rings (SSSR count). The Bertz CT molecular complexity index is 248. The molecule has 0 atom stereocenters. The van der Waals surface area contributed by atoms with Crippen molar-refractivity contribution < 1.29 is 4.79 Å². The van der Waals surface area contributed by atoms with Gasteiger partial charge in [0.15, 0.2) is 0 Å². The summed E-state index contributed by atoms with van der Waals surface area (Å²) in [6.45, 7) is 9.04. The van der Waals surface area contributed by atoms with Gasteiger partial charge in [-0.2, -0.15) is 0 Å². The summed E-state index contributed by atoms with van der Waals surface area (Å²) in [6, 6.07) is 0. The number of piperidine rings is 1. The molecule has 1 fully saturated rings. The summed E-state index contributed by atoms with van der Waals surface area (Å²) < 4.78 is 0. The van der Waals surface area contributed by atoms with Crippen molar-refractivity contribution in [3.05, 3.63) is 11.6 Å². The number of hydrogen-bond donors (Lipinski definition) is 2. The number of carbonyl (C=O) groups is 1. The molecule has 3 nitrogen and oxygen atoms in total. The zero-order valence-electron chi connectivity index (χ0n) is 10.0. The van der Waals surface area contributed by atoms with Crippen molar-refractivity contribution in [2.24, 2.45) is 5.41 Å². The van der Waals surface area contributed by atoms with E-state index in [4.69, 9.17) is 0 Å². The summed E-state index contributed by atoms with van der Waals surface area (Å²) in [4.78, 5) is 11.4. The largest absolute Gasteiger partial charge is 0.352 e. The third kappa shape index (κ3) is 4.47. The van der Waals surface area contributed by atoms with E-state index < -0.39 is 0 Å². The van der Waals surface area contributed by atoms with Gasteiger partial charge in [0.25, 0.3) is 0 Å². The van der Waals surface area contributed by atoms with E-state index in [1.807, 2.05) is 13.8 Å². The van der Waals surface area contributed by atoms with Crippen LogP contribution in [0.4, 0.5) is 0 Å². The fraction of sp³-hybridized carbons (Fsp3) is 0.750. The van der Waals surface area contributed by atoms with Crippen molar-refractivity contribution in [2.45, 2.75) is 33.6 Å². The normalized spacial score (nSPS) is 19.4. The van der Waals surface area contributed by atoms with Crippen molar-refractivity contribution in [3.63, 3.8) is 0 Å². The monoisotopic (exact) mass is 210 g/mol. The van der Waals surface area contributed by atoms with Crippen LogP contribution in [0.2, 0.25) is 0 Å². The Morgan fingerprint density at radius 2 is 2.00 bits per heavy atom. The van der Waals surface area contributed by atoms with Gasteiger partial charge in [0.2, 0.25) is 5.91 Å². The minimum atomic E-state index is 0.0368. The highest BCUT2D eigenvalue weighted by atomic mass is 16.1. The number of allylic oxidation sites excluding steroid dienone is 1. The van der Waals surface area contributed by atoms with Crippen molar-refractivity contribution >= 4 is 5.91 Å². The average molecular weight is 210 g/mol. The van der Waals surface area contributed by atoms with Crippen LogP contribution >= 0.6 is 0 Å². The Hall–Kier alpha value is -0.830. The highest BCUT2D eigenvalue weighted by molar-refractivity contribution is 5.88. The second-order valence-electron chi connectivity index (χ2n) is 5.00. The molecule has 15 heavy (non-hydrogen) atoms. The number of rotatable bonds is 3. The minimum Gasteiger partial charge on any atom is -0.352 e. The SMILES string of the molecule is CC(C)=CC(=O)NCC1(C)CCNCC1. The van der Waals surface area contributed by atoms with Crippen LogP contribution in [0.5, 0.6) is 0 Å². The Balaban J connectivity index is 2.35. The molecule has 1 aliphatic heterocycles. The predicted octanol–water partition coefficient (Wildman–Crippen LogP) is 1.46. The zero-order valence-corrected chi connectivity index (χ0v) is 10.0. The van der Waals surface area contributed by atoms with Crippen molar-refractivity contribution in [1.82, 2.24) is 10.6 Å². The van der Waals surface area contributed by atoms with Crippen LogP contribution in [0.1, 0.15) is 33.6 Å². The molecule has 0 aromatic rings. The van der Waals surface area contributed by atoms with Crippen LogP contribution in [0.15, 0.2) is 11.6 Å². The molecule has 0 aliphatic carbocycles. The van der Waals surface area contributed by atoms with E-state index in [2.05, 4.69) is 17.6 Å². The molecule has 0 unspecified atom stereocenters. The fourth-order valence-electron chi connectivity index (χ4n) is 1.82. The molecule has 0 saturated carbocycles. The molecule has 2 N–H and O–H groups in total. The molecule has 1 heterocycles. The second-order valence-corrected chi connectivity index (χ2v) is 5.00. The molecule has 3 heteroatoms. The number of hydrogen-bond acceptors (Lipinski definition) is 2. The van der Waals surface area contributed by atoms with Gasteiger partial charge >= 0.3 is 0 Å². The molecule has 0 bridgehead atoms. The van der Waals surface area contributed by atoms with E-state index in [1.165, 1.54) is 0 Å². The standard InChI is InChI=1S/C12H22N2O/c1-10(2)8-11(15)14-9-12(3)4-6-13-7-5-12/h8,13H,4-7,9H2,1-3H3,(H,14,15). The first-order valence-corrected chi connectivity index (χ1v) is 5.65. The molecule has 1 amide bonds. The van der Waals surface area contributed by atoms with E-state index >= 15 is 0 Å². The molecule has 0 spiro atoms. The summed E-state index contributed by atoms with van der Waals surface area (Å²) in [5.74, 6) is 0.0368. The van der Waals surface area contributed by atoms with E-state index in [1.54, 1.807) is 6.08 Å². The van der Waals surface area contributed by atoms with E-state index in [0.717, 1.165) is 38.0 Å². The van der Waals surface area contributed by atoms with Gasteiger partial charge in [-0.3, -0.25) is 4.79 Å². The smallest absolute Gasteiger partial charge is 0.243 e. The maximum absolute atomic E-state index is 11.4. The predicted molar refractivity (Wildman–Crippen MR) is 62.7 cm³/mol. The number of nitrogens with one attached hydrogen (secondary N) is 2. The molecular formula is C12H22N2O. The van der Waals surface area contributed by atoms with Crippen LogP contribution in [0, 0.1) is 5.41 Å². The second kappa shape index (κ2) is 5.31. The van der Waals surface area contributed by atoms with Gasteiger partial charge < -0.3 is 10.6 Å². The minimum absolute atomic E-state index is 0.0368. The van der Waals surface area contributed by atoms with Gasteiger partial charge in [0, 0.05) is 12.6 Å². The zero-order chi connectivity index (χ0) is 11.3. The van der Waals surface area contributed by atoms with Crippen molar-refractivity contribution in [1.29, 1.82) is 0 Å². The molecule has 86 valence electrons. The molecule has 0 aromatic carbocycles. The summed E-state index contributed by atoms with van der Waals surface area (Å²) in [5, 5.41) is 6.32. The highest BCUT2D eigenvalue weighted by Gasteiger charge is 2.26. The third-order valence-corrected chi connectivity index (χ3v) is 2.92. The molecule has 1 aliphatic rings. The lowest BCUT2D eigenvalue weighted by Crippen LogP contribution is -2.42. The molecular weight excluding hydrogens is 188 g/mol. The first kappa shape index (κ1) is 12.2. The quantitative estimate of drug-likeness (QED) is 0.692. The van der Waals surface area contributed by atoms with E-state index in [0.29, 0.717) is 0 Å². The fourth-order valence-corrected chi connectivity index (χ4v) is 1.82. The van der Waals surface area contributed by atoms with Gasteiger partial charge in [-0.05, 0) is 45.2 Å². The van der Waals surface area contributed by atoms with E-state index in [-0.39, 0.29) is 11.3 Å². The molecule has 0 aromatic heterocycles. The summed E-state index contributed by atoms with van der Waals surface area (Å²) in [6.07, 6.45) is 3.94. The highest BCUT2D eigenvalue weighted by Crippen LogP contribution is 2.26. The Labute approximate surface area is 92.3 Å². The third-order valence-electron chi connectivity index (χ3n) is 2.92. The Kier molecular flexibility index (Phi) is 4.33. The lowest BCUT2D eigenvalue weighted by atomic mass is 9.81. The van der Waals surface area contributed by atoms with Crippen LogP contribution in [-0.2, 0) is 4.79 Å². The number of carbonyl (C=O) groups excluding carboxylic acids is 1. The first-order chi connectivity index (χ1) is 7.02. The first-order valence-electron chi connectivity index (χ1n) is 5.65. The molecule has 1 saturated heterocycles. The van der Waals surface area contributed by atoms with Crippen molar-refractivity contribution in [3.8, 4) is 0 Å². The van der Waals surface area contributed by atoms with Crippen LogP contribution in [0.25, 0.3) is 0 Å². The summed E-state index contributed by atoms with van der Waals surface area (Å²) >= 11 is 0. The summed E-state index contributed by atoms with van der Waals surface area (Å²) in [5.41, 5.74) is 1.32. The van der Waals surface area contributed by atoms with Crippen LogP contribution in [0.3, 0.4) is 0 Å². The van der Waals surface area contributed by atoms with Gasteiger partial charge in [-0.1, -0.05) is 12.5 Å². The van der Waals surface area contributed by atoms with Gasteiger partial charge in [0.05, 0.1) is 0 Å². The van der Waals surface area contributed by atoms with Crippen molar-refractivity contribution in [2.75, 3.05) is 19.6 Å². The van der Waals surface area contributed by atoms with Gasteiger partial charge in [-0.15, -0.1) is 0 Å². The maximum atomic E-state index is 11.4. The average Bonchev–Trinajstić information content (AvgIpc) is 2.15. The van der Waals surface area contributed by atoms with Crippen LogP contribution < -0.4 is 10.6 Å². The van der Waals surface area contributed by atoms with Crippen LogP contribution in [-0.4, -0.2) is 25.5 Å². The van der Waals surface area contributed by atoms with E-state index in [9.17, 15) is 4.79 Å². The molecule has 0 radical (unpaired) electrons. The van der Waals surface area contributed by atoms with Gasteiger partial charge in [-0.25, -0.2) is 0 Å². The Morgan fingerprint density at radius 3 is 2.53 bits per heavy atom. The summed E-state index contributed by atoms with van der Waals surface area (Å²) in [7, 11) is 0. The maximum Gasteiger partial charge on any atom is 0.243 e. The lowest BCUT2D eigenvalue weighted by Gasteiger charge is -2.34. The lowest BCUT2D eigenvalue weighted by molar-refractivity contribution is -0.117. The Morgan fingerprint density at radius 1 is 1.40 bits per heavy atom. The number of amides is 1. The topological polar surface area (TPSA) is 41.1 Å².